The van der Waals surface area contributed by atoms with Crippen LogP contribution in [0.3, 0.4) is 0 Å². The third kappa shape index (κ3) is 8.53. The lowest BCUT2D eigenvalue weighted by molar-refractivity contribution is 0.215. The van der Waals surface area contributed by atoms with Crippen LogP contribution in [0.2, 0.25) is 0 Å². The fourth-order valence-corrected chi connectivity index (χ4v) is 1.35. The van der Waals surface area contributed by atoms with E-state index < -0.39 is 0 Å². The maximum atomic E-state index is 11.5. The van der Waals surface area contributed by atoms with Crippen LogP contribution >= 0.6 is 0 Å². The van der Waals surface area contributed by atoms with Crippen molar-refractivity contribution in [1.29, 1.82) is 0 Å². The molecular weight excluding hydrogens is 204 g/mol. The van der Waals surface area contributed by atoms with Crippen molar-refractivity contribution in [3.63, 3.8) is 0 Å². The van der Waals surface area contributed by atoms with Crippen LogP contribution in [0, 0.1) is 5.41 Å². The molecule has 0 radical (unpaired) electrons. The van der Waals surface area contributed by atoms with E-state index in [1.54, 1.807) is 0 Å². The van der Waals surface area contributed by atoms with Crippen molar-refractivity contribution in [3.05, 3.63) is 0 Å². The second kappa shape index (κ2) is 6.09. The molecule has 4 nitrogen and oxygen atoms in total. The standard InChI is InChI=1S/C12H26N2O2/c1-11(2,3)14-10(16)13-9-12(4,5)7-6-8-15/h15H,6-9H2,1-5H3,(H2,13,14,16). The summed E-state index contributed by atoms with van der Waals surface area (Å²) in [5, 5.41) is 14.5. The molecule has 0 heterocycles. The summed E-state index contributed by atoms with van der Waals surface area (Å²) in [6.07, 6.45) is 1.68. The van der Waals surface area contributed by atoms with E-state index in [2.05, 4.69) is 24.5 Å². The maximum Gasteiger partial charge on any atom is 0.315 e. The van der Waals surface area contributed by atoms with E-state index in [1.165, 1.54) is 0 Å². The molecule has 3 N–H and O–H groups in total. The molecular formula is C12H26N2O2. The van der Waals surface area contributed by atoms with Crippen molar-refractivity contribution in [2.45, 2.75) is 53.0 Å². The van der Waals surface area contributed by atoms with Gasteiger partial charge in [0, 0.05) is 18.7 Å². The fourth-order valence-electron chi connectivity index (χ4n) is 1.35. The highest BCUT2D eigenvalue weighted by atomic mass is 16.2. The SMILES string of the molecule is CC(C)(CCCO)CNC(=O)NC(C)(C)C. The van der Waals surface area contributed by atoms with E-state index in [4.69, 9.17) is 5.11 Å². The number of urea groups is 1. The van der Waals surface area contributed by atoms with Gasteiger partial charge in [-0.1, -0.05) is 13.8 Å². The number of rotatable bonds is 5. The molecule has 0 spiro atoms. The van der Waals surface area contributed by atoms with Gasteiger partial charge in [0.2, 0.25) is 0 Å². The monoisotopic (exact) mass is 230 g/mol. The average molecular weight is 230 g/mol. The van der Waals surface area contributed by atoms with Crippen molar-refractivity contribution >= 4 is 6.03 Å². The Morgan fingerprint density at radius 1 is 1.19 bits per heavy atom. The minimum atomic E-state index is -0.209. The Morgan fingerprint density at radius 2 is 1.75 bits per heavy atom. The Bertz CT molecular complexity index is 220. The van der Waals surface area contributed by atoms with Gasteiger partial charge in [0.1, 0.15) is 0 Å². The molecule has 0 bridgehead atoms. The van der Waals surface area contributed by atoms with Crippen LogP contribution in [0.25, 0.3) is 0 Å². The molecule has 0 aromatic heterocycles. The van der Waals surface area contributed by atoms with Gasteiger partial charge in [-0.15, -0.1) is 0 Å². The zero-order chi connectivity index (χ0) is 12.8. The van der Waals surface area contributed by atoms with Crippen molar-refractivity contribution in [1.82, 2.24) is 10.6 Å². The van der Waals surface area contributed by atoms with Crippen molar-refractivity contribution in [2.75, 3.05) is 13.2 Å². The summed E-state index contributed by atoms with van der Waals surface area (Å²) in [6.45, 7) is 10.8. The summed E-state index contributed by atoms with van der Waals surface area (Å²) in [7, 11) is 0. The lowest BCUT2D eigenvalue weighted by Gasteiger charge is -2.26. The van der Waals surface area contributed by atoms with Gasteiger partial charge < -0.3 is 15.7 Å². The normalized spacial score (nSPS) is 12.4. The maximum absolute atomic E-state index is 11.5. The first-order valence-corrected chi connectivity index (χ1v) is 5.83. The van der Waals surface area contributed by atoms with E-state index in [-0.39, 0.29) is 23.6 Å². The van der Waals surface area contributed by atoms with E-state index in [1.807, 2.05) is 20.8 Å². The van der Waals surface area contributed by atoms with Gasteiger partial charge in [-0.05, 0) is 39.0 Å². The van der Waals surface area contributed by atoms with Crippen LogP contribution in [-0.4, -0.2) is 29.8 Å². The Labute approximate surface area is 98.8 Å². The Hall–Kier alpha value is -0.770. The van der Waals surface area contributed by atoms with Crippen molar-refractivity contribution < 1.29 is 9.90 Å². The molecule has 0 unspecified atom stereocenters. The zero-order valence-electron chi connectivity index (χ0n) is 11.2. The zero-order valence-corrected chi connectivity index (χ0v) is 11.2. The van der Waals surface area contributed by atoms with Gasteiger partial charge in [-0.3, -0.25) is 0 Å². The number of hydrogen-bond donors (Lipinski definition) is 3. The summed E-state index contributed by atoms with van der Waals surface area (Å²) in [6, 6.07) is -0.135. The van der Waals surface area contributed by atoms with Crippen LogP contribution in [0.4, 0.5) is 4.79 Å². The third-order valence-corrected chi connectivity index (χ3v) is 2.23. The highest BCUT2D eigenvalue weighted by molar-refractivity contribution is 5.74. The van der Waals surface area contributed by atoms with Crippen LogP contribution in [0.1, 0.15) is 47.5 Å². The smallest absolute Gasteiger partial charge is 0.315 e. The molecule has 0 saturated heterocycles. The Morgan fingerprint density at radius 3 is 2.19 bits per heavy atom. The fraction of sp³-hybridized carbons (Fsp3) is 0.917. The van der Waals surface area contributed by atoms with Gasteiger partial charge >= 0.3 is 6.03 Å². The lowest BCUT2D eigenvalue weighted by Crippen LogP contribution is -2.48. The molecule has 2 amide bonds. The van der Waals surface area contributed by atoms with Crippen LogP contribution < -0.4 is 10.6 Å². The summed E-state index contributed by atoms with van der Waals surface area (Å²) in [5.74, 6) is 0. The van der Waals surface area contributed by atoms with Crippen molar-refractivity contribution in [2.24, 2.45) is 5.41 Å². The predicted molar refractivity (Wildman–Crippen MR) is 66.4 cm³/mol. The average Bonchev–Trinajstić information content (AvgIpc) is 2.09. The van der Waals surface area contributed by atoms with E-state index in [9.17, 15) is 4.79 Å². The first-order chi connectivity index (χ1) is 7.16. The second-order valence-corrected chi connectivity index (χ2v) is 6.05. The molecule has 0 saturated carbocycles. The summed E-state index contributed by atoms with van der Waals surface area (Å²) < 4.78 is 0. The van der Waals surface area contributed by atoms with Gasteiger partial charge in [0.15, 0.2) is 0 Å². The molecule has 4 heteroatoms. The largest absolute Gasteiger partial charge is 0.396 e. The second-order valence-electron chi connectivity index (χ2n) is 6.05. The van der Waals surface area contributed by atoms with E-state index in [0.29, 0.717) is 6.54 Å². The first-order valence-electron chi connectivity index (χ1n) is 5.83. The third-order valence-electron chi connectivity index (χ3n) is 2.23. The van der Waals surface area contributed by atoms with Gasteiger partial charge in [0.25, 0.3) is 0 Å². The van der Waals surface area contributed by atoms with Gasteiger partial charge in [-0.2, -0.15) is 0 Å². The minimum Gasteiger partial charge on any atom is -0.396 e. The highest BCUT2D eigenvalue weighted by Gasteiger charge is 2.19. The molecule has 96 valence electrons. The topological polar surface area (TPSA) is 61.4 Å². The molecule has 0 aliphatic heterocycles. The molecule has 0 atom stereocenters. The molecule has 0 aliphatic carbocycles. The van der Waals surface area contributed by atoms with Crippen LogP contribution in [-0.2, 0) is 0 Å². The van der Waals surface area contributed by atoms with Crippen molar-refractivity contribution in [3.8, 4) is 0 Å². The summed E-state index contributed by atoms with van der Waals surface area (Å²) >= 11 is 0. The molecule has 0 rings (SSSR count). The number of aliphatic hydroxyl groups is 1. The van der Waals surface area contributed by atoms with Crippen LogP contribution in [0.15, 0.2) is 0 Å². The van der Waals surface area contributed by atoms with E-state index in [0.717, 1.165) is 12.8 Å². The molecule has 0 fully saturated rings. The number of aliphatic hydroxyl groups excluding tert-OH is 1. The molecule has 0 aliphatic rings. The molecule has 16 heavy (non-hydrogen) atoms. The number of nitrogens with one attached hydrogen (secondary N) is 2. The highest BCUT2D eigenvalue weighted by Crippen LogP contribution is 2.20. The quantitative estimate of drug-likeness (QED) is 0.675. The van der Waals surface area contributed by atoms with Gasteiger partial charge in [-0.25, -0.2) is 4.79 Å². The number of carbonyl (C=O) groups excluding carboxylic acids is 1. The van der Waals surface area contributed by atoms with E-state index >= 15 is 0 Å². The minimum absolute atomic E-state index is 0.0257. The Kier molecular flexibility index (Phi) is 5.79. The predicted octanol–water partition coefficient (Wildman–Crippen LogP) is 1.88. The number of hydrogen-bond acceptors (Lipinski definition) is 2. The molecule has 0 aromatic rings. The van der Waals surface area contributed by atoms with Crippen LogP contribution in [0.5, 0.6) is 0 Å². The first kappa shape index (κ1) is 15.2. The Balaban J connectivity index is 3.90. The number of carbonyl (C=O) groups is 1. The molecule has 0 aromatic carbocycles. The summed E-state index contributed by atoms with van der Waals surface area (Å²) in [4.78, 5) is 11.5. The number of amides is 2. The summed E-state index contributed by atoms with van der Waals surface area (Å²) in [5.41, 5.74) is -0.183. The lowest BCUT2D eigenvalue weighted by atomic mass is 9.88. The van der Waals surface area contributed by atoms with Gasteiger partial charge in [0.05, 0.1) is 0 Å².